The molecule has 0 atom stereocenters. The molecule has 2 rings (SSSR count). The van der Waals surface area contributed by atoms with Gasteiger partial charge in [0.25, 0.3) is 5.91 Å². The minimum Gasteiger partial charge on any atom is -0.355 e. The van der Waals surface area contributed by atoms with Crippen molar-refractivity contribution < 1.29 is 9.59 Å². The largest absolute Gasteiger partial charge is 0.355 e. The normalized spacial score (nSPS) is 15.8. The fourth-order valence-corrected chi connectivity index (χ4v) is 2.25. The van der Waals surface area contributed by atoms with E-state index in [0.29, 0.717) is 39.3 Å². The lowest BCUT2D eigenvalue weighted by atomic mass is 10.2. The highest BCUT2D eigenvalue weighted by Gasteiger charge is 2.24. The first kappa shape index (κ1) is 15.7. The average molecular weight is 312 g/mol. The minimum absolute atomic E-state index is 0.0147. The first-order chi connectivity index (χ1) is 10.1. The molecule has 1 aromatic heterocycles. The van der Waals surface area contributed by atoms with E-state index < -0.39 is 0 Å². The van der Waals surface area contributed by atoms with E-state index in [2.05, 4.69) is 15.3 Å². The first-order valence-corrected chi connectivity index (χ1v) is 7.24. The summed E-state index contributed by atoms with van der Waals surface area (Å²) in [5.74, 6) is -0.141. The molecule has 0 spiro atoms. The summed E-state index contributed by atoms with van der Waals surface area (Å²) in [5, 5.41) is 3.03. The molecular weight excluding hydrogens is 294 g/mol. The van der Waals surface area contributed by atoms with E-state index in [9.17, 15) is 9.59 Å². The number of hydrogen-bond acceptors (Lipinski definition) is 5. The Hall–Kier alpha value is -1.73. The summed E-state index contributed by atoms with van der Waals surface area (Å²) in [7, 11) is 0. The molecule has 114 valence electrons. The minimum atomic E-state index is -0.156. The van der Waals surface area contributed by atoms with Crippen LogP contribution in [0.3, 0.4) is 0 Å². The van der Waals surface area contributed by atoms with E-state index in [-0.39, 0.29) is 22.7 Å². The number of nitrogens with one attached hydrogen (secondary N) is 1. The number of aromatic nitrogens is 2. The van der Waals surface area contributed by atoms with Gasteiger partial charge in [0.05, 0.1) is 18.9 Å². The molecule has 1 fully saturated rings. The number of halogens is 1. The smallest absolute Gasteiger partial charge is 0.274 e. The number of rotatable bonds is 4. The van der Waals surface area contributed by atoms with Crippen LogP contribution in [0.2, 0.25) is 5.15 Å². The van der Waals surface area contributed by atoms with Crippen molar-refractivity contribution in [1.29, 1.82) is 0 Å². The highest BCUT2D eigenvalue weighted by Crippen LogP contribution is 2.08. The first-order valence-electron chi connectivity index (χ1n) is 6.86. The number of piperazine rings is 1. The van der Waals surface area contributed by atoms with Crippen LogP contribution in [0.15, 0.2) is 12.4 Å². The molecule has 0 unspecified atom stereocenters. The topological polar surface area (TPSA) is 78.4 Å². The highest BCUT2D eigenvalue weighted by atomic mass is 35.5. The van der Waals surface area contributed by atoms with E-state index in [4.69, 9.17) is 11.6 Å². The summed E-state index contributed by atoms with van der Waals surface area (Å²) < 4.78 is 0. The predicted molar refractivity (Wildman–Crippen MR) is 78.1 cm³/mol. The van der Waals surface area contributed by atoms with Crippen LogP contribution < -0.4 is 5.32 Å². The number of nitrogens with zero attached hydrogens (tertiary/aromatic N) is 4. The summed E-state index contributed by atoms with van der Waals surface area (Å²) >= 11 is 5.65. The zero-order valence-corrected chi connectivity index (χ0v) is 12.6. The third kappa shape index (κ3) is 4.37. The summed E-state index contributed by atoms with van der Waals surface area (Å²) in [5.41, 5.74) is 0.288. The average Bonchev–Trinajstić information content (AvgIpc) is 2.48. The molecule has 1 N–H and O–H groups in total. The Kier molecular flexibility index (Phi) is 5.46. The van der Waals surface area contributed by atoms with E-state index in [1.807, 2.05) is 11.8 Å². The van der Waals surface area contributed by atoms with Gasteiger partial charge < -0.3 is 10.2 Å². The predicted octanol–water partition coefficient (Wildman–Crippen LogP) is 0.0239. The molecule has 1 aromatic rings. The van der Waals surface area contributed by atoms with Crippen molar-refractivity contribution in [3.8, 4) is 0 Å². The third-order valence-electron chi connectivity index (χ3n) is 3.24. The Bertz CT molecular complexity index is 500. The van der Waals surface area contributed by atoms with Gasteiger partial charge >= 0.3 is 0 Å². The van der Waals surface area contributed by atoms with Crippen LogP contribution >= 0.6 is 11.6 Å². The Morgan fingerprint density at radius 2 is 1.95 bits per heavy atom. The lowest BCUT2D eigenvalue weighted by Gasteiger charge is -2.34. The molecule has 1 aliphatic heterocycles. The Balaban J connectivity index is 1.84. The second-order valence-electron chi connectivity index (χ2n) is 4.75. The van der Waals surface area contributed by atoms with Crippen molar-refractivity contribution in [1.82, 2.24) is 25.1 Å². The van der Waals surface area contributed by atoms with Gasteiger partial charge in [-0.15, -0.1) is 0 Å². The van der Waals surface area contributed by atoms with Crippen LogP contribution in [0.25, 0.3) is 0 Å². The van der Waals surface area contributed by atoms with Gasteiger partial charge in [0.1, 0.15) is 10.8 Å². The van der Waals surface area contributed by atoms with Crippen molar-refractivity contribution in [3.05, 3.63) is 23.2 Å². The van der Waals surface area contributed by atoms with Crippen molar-refractivity contribution >= 4 is 23.4 Å². The van der Waals surface area contributed by atoms with Gasteiger partial charge in [-0.25, -0.2) is 9.97 Å². The highest BCUT2D eigenvalue weighted by molar-refractivity contribution is 6.29. The fourth-order valence-electron chi connectivity index (χ4n) is 2.15. The van der Waals surface area contributed by atoms with Gasteiger partial charge in [0, 0.05) is 32.7 Å². The number of hydrogen-bond donors (Lipinski definition) is 1. The van der Waals surface area contributed by atoms with Crippen LogP contribution in [0.1, 0.15) is 17.4 Å². The molecule has 1 aliphatic rings. The molecule has 0 bridgehead atoms. The van der Waals surface area contributed by atoms with Gasteiger partial charge in [-0.1, -0.05) is 11.6 Å². The molecule has 0 aromatic carbocycles. The van der Waals surface area contributed by atoms with E-state index in [1.54, 1.807) is 4.90 Å². The summed E-state index contributed by atoms with van der Waals surface area (Å²) in [6.07, 6.45) is 2.74. The molecule has 2 heterocycles. The number of carbonyl (C=O) groups excluding carboxylic acids is 2. The zero-order valence-electron chi connectivity index (χ0n) is 11.9. The molecular formula is C13H18ClN5O2. The molecule has 0 radical (unpaired) electrons. The third-order valence-corrected chi connectivity index (χ3v) is 3.44. The lowest BCUT2D eigenvalue weighted by molar-refractivity contribution is -0.122. The van der Waals surface area contributed by atoms with Crippen molar-refractivity contribution in [2.24, 2.45) is 0 Å². The quantitative estimate of drug-likeness (QED) is 0.848. The number of carbonyl (C=O) groups is 2. The number of amides is 2. The van der Waals surface area contributed by atoms with Crippen LogP contribution in [0, 0.1) is 0 Å². The van der Waals surface area contributed by atoms with Crippen molar-refractivity contribution in [3.63, 3.8) is 0 Å². The summed E-state index contributed by atoms with van der Waals surface area (Å²) in [4.78, 5) is 35.3. The fraction of sp³-hybridized carbons (Fsp3) is 0.538. The van der Waals surface area contributed by atoms with E-state index in [1.165, 1.54) is 12.4 Å². The van der Waals surface area contributed by atoms with E-state index in [0.717, 1.165) is 0 Å². The molecule has 21 heavy (non-hydrogen) atoms. The maximum atomic E-state index is 12.2. The molecule has 1 saturated heterocycles. The SMILES string of the molecule is CCNC(=O)CN1CCN(C(=O)c2cnc(Cl)cn2)CC1. The monoisotopic (exact) mass is 311 g/mol. The standard InChI is InChI=1S/C13H18ClN5O2/c1-2-15-12(20)9-18-3-5-19(6-4-18)13(21)10-7-17-11(14)8-16-10/h7-8H,2-6,9H2,1H3,(H,15,20). The molecule has 7 nitrogen and oxygen atoms in total. The molecule has 0 aliphatic carbocycles. The van der Waals surface area contributed by atoms with Gasteiger partial charge in [-0.3, -0.25) is 14.5 Å². The lowest BCUT2D eigenvalue weighted by Crippen LogP contribution is -2.51. The van der Waals surface area contributed by atoms with Gasteiger partial charge in [0.15, 0.2) is 0 Å². The van der Waals surface area contributed by atoms with Crippen LogP contribution in [0.5, 0.6) is 0 Å². The molecule has 2 amide bonds. The van der Waals surface area contributed by atoms with Crippen LogP contribution in [0.4, 0.5) is 0 Å². The summed E-state index contributed by atoms with van der Waals surface area (Å²) in [6, 6.07) is 0. The van der Waals surface area contributed by atoms with Gasteiger partial charge in [0.2, 0.25) is 5.91 Å². The van der Waals surface area contributed by atoms with Crippen LogP contribution in [-0.4, -0.2) is 70.9 Å². The van der Waals surface area contributed by atoms with Crippen LogP contribution in [-0.2, 0) is 4.79 Å². The Morgan fingerprint density at radius 3 is 2.52 bits per heavy atom. The van der Waals surface area contributed by atoms with Gasteiger partial charge in [-0.2, -0.15) is 0 Å². The maximum absolute atomic E-state index is 12.2. The summed E-state index contributed by atoms with van der Waals surface area (Å²) in [6.45, 7) is 5.38. The second-order valence-corrected chi connectivity index (χ2v) is 5.13. The Morgan fingerprint density at radius 1 is 1.24 bits per heavy atom. The van der Waals surface area contributed by atoms with Crippen molar-refractivity contribution in [2.45, 2.75) is 6.92 Å². The number of likely N-dealkylation sites (N-methyl/N-ethyl adjacent to an activating group) is 1. The molecule has 8 heteroatoms. The zero-order chi connectivity index (χ0) is 15.2. The van der Waals surface area contributed by atoms with Gasteiger partial charge in [-0.05, 0) is 6.92 Å². The Labute approximate surface area is 128 Å². The maximum Gasteiger partial charge on any atom is 0.274 e. The van der Waals surface area contributed by atoms with E-state index >= 15 is 0 Å². The van der Waals surface area contributed by atoms with Crippen molar-refractivity contribution in [2.75, 3.05) is 39.3 Å². The molecule has 0 saturated carbocycles. The second kappa shape index (κ2) is 7.33.